The lowest BCUT2D eigenvalue weighted by molar-refractivity contribution is -0.163. The Bertz CT molecular complexity index is 1230. The van der Waals surface area contributed by atoms with Gasteiger partial charge in [-0.25, -0.2) is 4.79 Å². The quantitative estimate of drug-likeness (QED) is 0.286. The van der Waals surface area contributed by atoms with Crippen LogP contribution in [0.2, 0.25) is 0 Å². The Kier molecular flexibility index (Phi) is 10.4. The van der Waals surface area contributed by atoms with Crippen molar-refractivity contribution in [2.75, 3.05) is 0 Å². The zero-order chi connectivity index (χ0) is 31.4. The van der Waals surface area contributed by atoms with Crippen molar-refractivity contribution in [2.45, 2.75) is 105 Å². The van der Waals surface area contributed by atoms with Crippen LogP contribution < -0.4 is 0 Å². The van der Waals surface area contributed by atoms with E-state index < -0.39 is 65.2 Å². The van der Waals surface area contributed by atoms with Crippen LogP contribution in [-0.2, 0) is 33.3 Å². The highest BCUT2D eigenvalue weighted by molar-refractivity contribution is 5.89. The van der Waals surface area contributed by atoms with Gasteiger partial charge in [-0.3, -0.25) is 14.4 Å². The third kappa shape index (κ3) is 7.68. The van der Waals surface area contributed by atoms with E-state index in [1.807, 2.05) is 26.8 Å². The summed E-state index contributed by atoms with van der Waals surface area (Å²) in [6.07, 6.45) is 1.13. The molecule has 7 atom stereocenters. The second kappa shape index (κ2) is 13.2. The normalized spacial score (nSPS) is 33.6. The number of ether oxygens (including phenoxy) is 4. The molecule has 1 aromatic rings. The Balaban J connectivity index is 2.21. The van der Waals surface area contributed by atoms with Crippen molar-refractivity contribution in [3.8, 4) is 0 Å². The molecule has 1 N–H and O–H groups in total. The van der Waals surface area contributed by atoms with Gasteiger partial charge in [0.05, 0.1) is 5.56 Å². The van der Waals surface area contributed by atoms with E-state index >= 15 is 0 Å². The molecule has 3 rings (SSSR count). The molecular weight excluding hydrogens is 540 g/mol. The minimum Gasteiger partial charge on any atom is -0.462 e. The van der Waals surface area contributed by atoms with Gasteiger partial charge in [-0.05, 0) is 55.9 Å². The smallest absolute Gasteiger partial charge is 0.338 e. The van der Waals surface area contributed by atoms with Gasteiger partial charge in [0.2, 0.25) is 0 Å². The second-order valence-corrected chi connectivity index (χ2v) is 12.4. The summed E-state index contributed by atoms with van der Waals surface area (Å²) < 4.78 is 23.3. The highest BCUT2D eigenvalue weighted by Crippen LogP contribution is 2.48. The van der Waals surface area contributed by atoms with Crippen LogP contribution in [-0.4, -0.2) is 59.0 Å². The average molecular weight is 585 g/mol. The van der Waals surface area contributed by atoms with Gasteiger partial charge in [-0.2, -0.15) is 0 Å². The van der Waals surface area contributed by atoms with Crippen LogP contribution in [0.4, 0.5) is 0 Å². The van der Waals surface area contributed by atoms with Gasteiger partial charge in [-0.1, -0.05) is 51.1 Å². The summed E-state index contributed by atoms with van der Waals surface area (Å²) in [6, 6.07) is 8.57. The van der Waals surface area contributed by atoms with Gasteiger partial charge in [-0.15, -0.1) is 0 Å². The molecule has 0 bridgehead atoms. The fourth-order valence-electron chi connectivity index (χ4n) is 6.14. The first-order valence-electron chi connectivity index (χ1n) is 14.4. The number of rotatable bonds is 5. The summed E-state index contributed by atoms with van der Waals surface area (Å²) in [5, 5.41) is 12.5. The van der Waals surface area contributed by atoms with Crippen molar-refractivity contribution in [3.05, 3.63) is 59.2 Å². The number of fused-ring (bicyclic) bond motifs is 1. The Hall–Kier alpha value is -3.46. The van der Waals surface area contributed by atoms with Gasteiger partial charge in [0.15, 0.2) is 6.10 Å². The van der Waals surface area contributed by atoms with E-state index in [4.69, 9.17) is 18.9 Å². The Morgan fingerprint density at radius 3 is 2.02 bits per heavy atom. The van der Waals surface area contributed by atoms with Crippen LogP contribution >= 0.6 is 0 Å². The fourth-order valence-corrected chi connectivity index (χ4v) is 6.14. The maximum absolute atomic E-state index is 13.2. The zero-order valence-corrected chi connectivity index (χ0v) is 25.8. The van der Waals surface area contributed by atoms with E-state index in [0.29, 0.717) is 23.1 Å². The largest absolute Gasteiger partial charge is 0.462 e. The SMILES string of the molecule is CC(=O)OC1/C(C)=C/CC(C)(C)[C@H](OC(C)=O)C[C@@H](OC(C)=O)/C(C)=C/[C@H]2[C@@H](OC(=O)c3ccccc3)[C@H](C)C[C@]12O. The first-order chi connectivity index (χ1) is 19.5. The van der Waals surface area contributed by atoms with Crippen molar-refractivity contribution in [1.29, 1.82) is 0 Å². The standard InChI is InChI=1S/C33H44O9/c1-19-14-15-32(7,8)28(40-23(5)35)17-27(39-22(4)34)20(2)16-26-29(42-31(37)25-12-10-9-11-13-25)21(3)18-33(26,38)30(19)41-24(6)36/h9-14,16,21,26-30,38H,15,17-18H2,1-8H3/b19-14+,20-16+/t21-,26+,27-,28-,29+,30?,33-/m1/s1. The average Bonchev–Trinajstić information content (AvgIpc) is 3.13. The highest BCUT2D eigenvalue weighted by Gasteiger charge is 2.58. The van der Waals surface area contributed by atoms with Gasteiger partial charge in [0.1, 0.15) is 23.9 Å². The van der Waals surface area contributed by atoms with E-state index in [-0.39, 0.29) is 18.8 Å². The molecule has 9 nitrogen and oxygen atoms in total. The first-order valence-corrected chi connectivity index (χ1v) is 14.4. The van der Waals surface area contributed by atoms with Gasteiger partial charge < -0.3 is 24.1 Å². The topological polar surface area (TPSA) is 125 Å². The molecular formula is C33H44O9. The molecule has 230 valence electrons. The lowest BCUT2D eigenvalue weighted by Crippen LogP contribution is -2.50. The zero-order valence-electron chi connectivity index (χ0n) is 25.8. The predicted molar refractivity (Wildman–Crippen MR) is 155 cm³/mol. The van der Waals surface area contributed by atoms with Crippen molar-refractivity contribution >= 4 is 23.9 Å². The molecule has 1 saturated carbocycles. The molecule has 1 unspecified atom stereocenters. The van der Waals surface area contributed by atoms with Gasteiger partial charge >= 0.3 is 23.9 Å². The molecule has 0 spiro atoms. The number of carbonyl (C=O) groups is 4. The maximum Gasteiger partial charge on any atom is 0.338 e. The molecule has 0 aliphatic heterocycles. The number of carbonyl (C=O) groups excluding carboxylic acids is 4. The molecule has 1 fully saturated rings. The monoisotopic (exact) mass is 584 g/mol. The van der Waals surface area contributed by atoms with Crippen LogP contribution in [0.25, 0.3) is 0 Å². The van der Waals surface area contributed by atoms with Gasteiger partial charge in [0, 0.05) is 38.5 Å². The summed E-state index contributed by atoms with van der Waals surface area (Å²) in [4.78, 5) is 49.9. The highest BCUT2D eigenvalue weighted by atomic mass is 16.6. The molecule has 42 heavy (non-hydrogen) atoms. The van der Waals surface area contributed by atoms with Gasteiger partial charge in [0.25, 0.3) is 0 Å². The molecule has 9 heteroatoms. The molecule has 2 aliphatic carbocycles. The Morgan fingerprint density at radius 2 is 1.45 bits per heavy atom. The van der Waals surface area contributed by atoms with E-state index in [1.165, 1.54) is 20.8 Å². The van der Waals surface area contributed by atoms with Crippen molar-refractivity contribution in [3.63, 3.8) is 0 Å². The van der Waals surface area contributed by atoms with E-state index in [2.05, 4.69) is 0 Å². The second-order valence-electron chi connectivity index (χ2n) is 12.4. The number of hydrogen-bond acceptors (Lipinski definition) is 9. The van der Waals surface area contributed by atoms with E-state index in [9.17, 15) is 24.3 Å². The van der Waals surface area contributed by atoms with E-state index in [0.717, 1.165) is 0 Å². The lowest BCUT2D eigenvalue weighted by Gasteiger charge is -2.40. The minimum atomic E-state index is -1.64. The Labute approximate surface area is 248 Å². The fraction of sp³-hybridized carbons (Fsp3) is 0.576. The third-order valence-corrected chi connectivity index (χ3v) is 8.36. The van der Waals surface area contributed by atoms with Crippen molar-refractivity contribution in [2.24, 2.45) is 17.3 Å². The van der Waals surface area contributed by atoms with Crippen LogP contribution in [0.3, 0.4) is 0 Å². The first kappa shape index (κ1) is 33.0. The number of benzene rings is 1. The third-order valence-electron chi connectivity index (χ3n) is 8.36. The number of esters is 4. The van der Waals surface area contributed by atoms with Crippen molar-refractivity contribution in [1.82, 2.24) is 0 Å². The minimum absolute atomic E-state index is 0.176. The number of aliphatic hydroxyl groups is 1. The molecule has 0 aromatic heterocycles. The summed E-state index contributed by atoms with van der Waals surface area (Å²) in [7, 11) is 0. The number of hydrogen-bond donors (Lipinski definition) is 1. The molecule has 2 aliphatic rings. The summed E-state index contributed by atoms with van der Waals surface area (Å²) in [5.74, 6) is -3.24. The molecule has 1 aromatic carbocycles. The van der Waals surface area contributed by atoms with Crippen LogP contribution in [0.5, 0.6) is 0 Å². The van der Waals surface area contributed by atoms with Crippen molar-refractivity contribution < 1.29 is 43.2 Å². The maximum atomic E-state index is 13.2. The molecule has 0 radical (unpaired) electrons. The van der Waals surface area contributed by atoms with Crippen LogP contribution in [0, 0.1) is 17.3 Å². The van der Waals surface area contributed by atoms with E-state index in [1.54, 1.807) is 50.3 Å². The predicted octanol–water partition coefficient (Wildman–Crippen LogP) is 5.11. The summed E-state index contributed by atoms with van der Waals surface area (Å²) in [5.41, 5.74) is -0.679. The summed E-state index contributed by atoms with van der Waals surface area (Å²) in [6.45, 7) is 13.2. The summed E-state index contributed by atoms with van der Waals surface area (Å²) >= 11 is 0. The van der Waals surface area contributed by atoms with Crippen LogP contribution in [0.1, 0.15) is 85.0 Å². The number of allylic oxidation sites excluding steroid dienone is 1. The lowest BCUT2D eigenvalue weighted by atomic mass is 9.75. The molecule has 0 saturated heterocycles. The Morgan fingerprint density at radius 1 is 0.857 bits per heavy atom. The molecule has 0 amide bonds. The van der Waals surface area contributed by atoms with Crippen LogP contribution in [0.15, 0.2) is 53.6 Å². The molecule has 0 heterocycles.